The molecule has 0 amide bonds. The summed E-state index contributed by atoms with van der Waals surface area (Å²) in [6.45, 7) is 0. The maximum atomic E-state index is 12.5. The van der Waals surface area contributed by atoms with Crippen molar-refractivity contribution in [2.75, 3.05) is 0 Å². The van der Waals surface area contributed by atoms with E-state index in [1.807, 2.05) is 0 Å². The third-order valence-corrected chi connectivity index (χ3v) is 2.80. The van der Waals surface area contributed by atoms with Crippen molar-refractivity contribution >= 4 is 56.2 Å². The second-order valence-electron chi connectivity index (χ2n) is 2.25. The second kappa shape index (κ2) is 6.78. The van der Waals surface area contributed by atoms with Crippen molar-refractivity contribution in [3.05, 3.63) is 23.8 Å². The molecular formula is C6H3BF5KO. The summed E-state index contributed by atoms with van der Waals surface area (Å²) in [4.78, 5) is 0. The minimum atomic E-state index is -3.67. The molecule has 0 spiro atoms. The molecule has 0 heterocycles. The quantitative estimate of drug-likeness (QED) is 0.532. The first-order valence-electron chi connectivity index (χ1n) is 3.42. The molecule has 0 radical (unpaired) electrons. The van der Waals surface area contributed by atoms with E-state index in [-0.39, 0.29) is 48.6 Å². The summed E-state index contributed by atoms with van der Waals surface area (Å²) in [5.74, 6) is -1.79. The predicted molar refractivity (Wildman–Crippen MR) is 42.5 cm³/mol. The van der Waals surface area contributed by atoms with Crippen LogP contribution in [0.15, 0.2) is 12.1 Å². The Hall–Kier alpha value is 0.371. The van der Waals surface area contributed by atoms with Crippen molar-refractivity contribution in [3.8, 4) is 5.75 Å². The number of halogens is 5. The Morgan fingerprint density at radius 2 is 1.43 bits per heavy atom. The molecule has 1 aromatic carbocycles. The molecular weight excluding hydrogens is 233 g/mol. The van der Waals surface area contributed by atoms with E-state index in [2.05, 4.69) is 0 Å². The number of hydrogen-bond acceptors (Lipinski definition) is 1. The molecule has 1 N–H and O–H groups in total. The zero-order valence-corrected chi connectivity index (χ0v) is 10.2. The molecule has 0 aliphatic carbocycles. The molecule has 8 heteroatoms. The van der Waals surface area contributed by atoms with Gasteiger partial charge in [0, 0.05) is 0 Å². The molecule has 0 saturated carbocycles. The number of phenols is 1. The third-order valence-electron chi connectivity index (χ3n) is 1.32. The van der Waals surface area contributed by atoms with Crippen LogP contribution >= 0.6 is 0 Å². The van der Waals surface area contributed by atoms with Crippen LogP contribution in [0.2, 0.25) is 0 Å². The van der Waals surface area contributed by atoms with Crippen molar-refractivity contribution in [2.24, 2.45) is 0 Å². The predicted octanol–water partition coefficient (Wildman–Crippen LogP) is 1.34. The summed E-state index contributed by atoms with van der Waals surface area (Å²) in [5, 5.41) is 8.82. The molecule has 0 fully saturated rings. The van der Waals surface area contributed by atoms with E-state index in [0.717, 1.165) is 12.1 Å². The van der Waals surface area contributed by atoms with Crippen molar-refractivity contribution in [1.82, 2.24) is 0 Å². The van der Waals surface area contributed by atoms with E-state index in [4.69, 9.17) is 5.11 Å². The van der Waals surface area contributed by atoms with Gasteiger partial charge in [0.2, 0.25) is 0 Å². The summed E-state index contributed by atoms with van der Waals surface area (Å²) >= 11 is -0.0384. The van der Waals surface area contributed by atoms with Gasteiger partial charge in [0.15, 0.2) is 0 Å². The van der Waals surface area contributed by atoms with Crippen LogP contribution in [0.1, 0.15) is 0 Å². The summed E-state index contributed by atoms with van der Waals surface area (Å²) in [7, 11) is -3.67. The van der Waals surface area contributed by atoms with Crippen LogP contribution in [0.3, 0.4) is 0 Å². The number of hydrogen-bond donors (Lipinski definition) is 1. The molecule has 0 aliphatic rings. The molecule has 0 bridgehead atoms. The van der Waals surface area contributed by atoms with Gasteiger partial charge in [-0.2, -0.15) is 0 Å². The number of phenolic OH excluding ortho intramolecular Hbond substituents is 1. The molecule has 0 aliphatic heterocycles. The average molecular weight is 236 g/mol. The average Bonchev–Trinajstić information content (AvgIpc) is 2.07. The topological polar surface area (TPSA) is 20.2 Å². The molecule has 1 nitrogen and oxygen atoms in total. The maximum absolute atomic E-state index is 12.5. The van der Waals surface area contributed by atoms with E-state index >= 15 is 0 Å². The molecule has 0 atom stereocenters. The first-order valence-corrected chi connectivity index (χ1v) is 4.98. The molecule has 72 valence electrons. The van der Waals surface area contributed by atoms with Gasteiger partial charge in [-0.1, -0.05) is 0 Å². The second-order valence-corrected chi connectivity index (χ2v) is 3.81. The van der Waals surface area contributed by atoms with E-state index in [9.17, 15) is 21.7 Å². The van der Waals surface area contributed by atoms with Gasteiger partial charge in [-0.25, -0.2) is 0 Å². The standard InChI is InChI=1S/C6H3F2O.BF3.K/c7-4-1-2-5(8)6(9)3-4;2-1(3)4;/h1-2,9H;;. The van der Waals surface area contributed by atoms with Gasteiger partial charge in [-0.15, -0.1) is 0 Å². The van der Waals surface area contributed by atoms with Gasteiger partial charge in [0.05, 0.1) is 0 Å². The first kappa shape index (κ1) is 14.4. The van der Waals surface area contributed by atoms with Gasteiger partial charge in [-0.05, 0) is 0 Å². The number of benzene rings is 1. The molecule has 0 saturated heterocycles. The Balaban J connectivity index is 0.000000364. The fraction of sp³-hybridized carbons (Fsp3) is 0. The molecule has 0 unspecified atom stereocenters. The molecule has 0 aromatic heterocycles. The Bertz CT molecular complexity index is 279. The molecule has 1 aromatic rings. The summed E-state index contributed by atoms with van der Waals surface area (Å²) in [6, 6.07) is 1.94. The van der Waals surface area contributed by atoms with Gasteiger partial charge in [0.25, 0.3) is 0 Å². The number of aromatic hydroxyl groups is 1. The van der Waals surface area contributed by atoms with E-state index in [0.29, 0.717) is 0 Å². The Morgan fingerprint density at radius 3 is 1.79 bits per heavy atom. The Labute approximate surface area is 111 Å². The van der Waals surface area contributed by atoms with Crippen LogP contribution in [0.25, 0.3) is 0 Å². The Kier molecular flexibility index (Phi) is 6.96. The summed E-state index contributed by atoms with van der Waals surface area (Å²) in [6.07, 6.45) is 0. The zero-order chi connectivity index (χ0) is 11.3. The normalized spacial score (nSPS) is 9.07. The van der Waals surface area contributed by atoms with Crippen LogP contribution in [0.4, 0.5) is 21.7 Å². The van der Waals surface area contributed by atoms with E-state index < -0.39 is 24.9 Å². The van der Waals surface area contributed by atoms with Gasteiger partial charge in [0.1, 0.15) is 0 Å². The Morgan fingerprint density at radius 1 is 1.07 bits per heavy atom. The van der Waals surface area contributed by atoms with Crippen molar-refractivity contribution in [1.29, 1.82) is 0 Å². The van der Waals surface area contributed by atoms with Crippen molar-refractivity contribution in [2.45, 2.75) is 0 Å². The molecule has 14 heavy (non-hydrogen) atoms. The van der Waals surface area contributed by atoms with Crippen LogP contribution in [-0.2, 0) is 0 Å². The fourth-order valence-corrected chi connectivity index (χ4v) is 1.28. The summed E-state index contributed by atoms with van der Waals surface area (Å²) < 4.78 is 54.0. The first-order chi connectivity index (χ1) is 6.36. The van der Waals surface area contributed by atoms with E-state index in [1.54, 1.807) is 0 Å². The van der Waals surface area contributed by atoms with Crippen molar-refractivity contribution < 1.29 is 26.8 Å². The number of rotatable bonds is 0. The van der Waals surface area contributed by atoms with Crippen LogP contribution in [-0.4, -0.2) is 61.6 Å². The van der Waals surface area contributed by atoms with Crippen LogP contribution < -0.4 is -0.342 Å². The summed E-state index contributed by atoms with van der Waals surface area (Å²) in [5.41, 5.74) is 0. The zero-order valence-electron chi connectivity index (χ0n) is 7.07. The van der Waals surface area contributed by atoms with E-state index in [1.165, 1.54) is 0 Å². The van der Waals surface area contributed by atoms with Gasteiger partial charge < -0.3 is 0 Å². The van der Waals surface area contributed by atoms with Crippen LogP contribution in [0, 0.1) is 11.6 Å². The SMILES string of the molecule is FB(F)F.Oc1c(F)ccc(F)[c]1[K]. The van der Waals surface area contributed by atoms with Crippen molar-refractivity contribution in [3.63, 3.8) is 0 Å². The minimum absolute atomic E-state index is 0.0384. The third kappa shape index (κ3) is 5.30. The fourth-order valence-electron chi connectivity index (χ4n) is 0.642. The monoisotopic (exact) mass is 236 g/mol. The molecule has 1 rings (SSSR count). The van der Waals surface area contributed by atoms with Crippen LogP contribution in [0.5, 0.6) is 5.75 Å². The van der Waals surface area contributed by atoms with Gasteiger partial charge >= 0.3 is 99.6 Å². The van der Waals surface area contributed by atoms with Gasteiger partial charge in [-0.3, -0.25) is 12.9 Å².